The van der Waals surface area contributed by atoms with Crippen molar-refractivity contribution in [3.63, 3.8) is 0 Å². The van der Waals surface area contributed by atoms with E-state index in [4.69, 9.17) is 4.74 Å². The molecule has 6 heteroatoms. The second-order valence-corrected chi connectivity index (χ2v) is 5.86. The number of benzene rings is 2. The third kappa shape index (κ3) is 3.97. The van der Waals surface area contributed by atoms with Gasteiger partial charge in [-0.05, 0) is 49.2 Å². The smallest absolute Gasteiger partial charge is 0.275 e. The summed E-state index contributed by atoms with van der Waals surface area (Å²) < 4.78 is 5.10. The van der Waals surface area contributed by atoms with Gasteiger partial charge < -0.3 is 15.4 Å². The van der Waals surface area contributed by atoms with Crippen molar-refractivity contribution in [2.24, 2.45) is 0 Å². The van der Waals surface area contributed by atoms with Crippen LogP contribution in [-0.2, 0) is 0 Å². The fraction of sp³-hybridized carbons (Fsp3) is 0.150. The third-order valence-corrected chi connectivity index (χ3v) is 3.97. The predicted molar refractivity (Wildman–Crippen MR) is 102 cm³/mol. The lowest BCUT2D eigenvalue weighted by molar-refractivity contribution is 0.102. The molecule has 0 radical (unpaired) electrons. The van der Waals surface area contributed by atoms with E-state index in [9.17, 15) is 4.79 Å². The van der Waals surface area contributed by atoms with Gasteiger partial charge in [-0.25, -0.2) is 9.97 Å². The van der Waals surface area contributed by atoms with Gasteiger partial charge in [0.2, 0.25) is 0 Å². The van der Waals surface area contributed by atoms with Crippen LogP contribution in [0.15, 0.2) is 54.9 Å². The van der Waals surface area contributed by atoms with Crippen molar-refractivity contribution in [3.8, 4) is 5.75 Å². The number of hydrogen-bond donors (Lipinski definition) is 2. The molecule has 1 aromatic heterocycles. The molecular weight excluding hydrogens is 328 g/mol. The first-order valence-electron chi connectivity index (χ1n) is 8.17. The Kier molecular flexibility index (Phi) is 5.12. The molecule has 0 fully saturated rings. The van der Waals surface area contributed by atoms with Crippen molar-refractivity contribution < 1.29 is 9.53 Å². The molecule has 0 saturated heterocycles. The lowest BCUT2D eigenvalue weighted by atomic mass is 10.1. The summed E-state index contributed by atoms with van der Waals surface area (Å²) >= 11 is 0. The number of ether oxygens (including phenoxy) is 1. The summed E-state index contributed by atoms with van der Waals surface area (Å²) in [5, 5.41) is 6.03. The number of aromatic nitrogens is 2. The molecule has 1 amide bonds. The van der Waals surface area contributed by atoms with E-state index in [0.717, 1.165) is 22.6 Å². The monoisotopic (exact) mass is 348 g/mol. The van der Waals surface area contributed by atoms with Crippen LogP contribution in [0.2, 0.25) is 0 Å². The summed E-state index contributed by atoms with van der Waals surface area (Å²) in [4.78, 5) is 20.8. The van der Waals surface area contributed by atoms with E-state index >= 15 is 0 Å². The summed E-state index contributed by atoms with van der Waals surface area (Å²) in [5.41, 5.74) is 4.14. The van der Waals surface area contributed by atoms with Crippen molar-refractivity contribution in [1.29, 1.82) is 0 Å². The Hall–Kier alpha value is -3.41. The summed E-state index contributed by atoms with van der Waals surface area (Å²) in [7, 11) is 1.59. The standard InChI is InChI=1S/C20H20N4O2/c1-13-5-4-6-14(2)19(13)24-18-12-21-17(11-22-18)20(25)23-15-7-9-16(26-3)10-8-15/h4-12H,1-3H3,(H,22,24)(H,23,25). The van der Waals surface area contributed by atoms with E-state index in [1.54, 1.807) is 37.6 Å². The van der Waals surface area contributed by atoms with Gasteiger partial charge in [0.05, 0.1) is 19.5 Å². The lowest BCUT2D eigenvalue weighted by Crippen LogP contribution is -2.14. The van der Waals surface area contributed by atoms with Gasteiger partial charge in [0.15, 0.2) is 0 Å². The average molecular weight is 348 g/mol. The minimum absolute atomic E-state index is 0.243. The number of carbonyl (C=O) groups excluding carboxylic acids is 1. The number of amides is 1. The van der Waals surface area contributed by atoms with E-state index in [-0.39, 0.29) is 11.6 Å². The van der Waals surface area contributed by atoms with Crippen LogP contribution in [0.1, 0.15) is 21.6 Å². The Morgan fingerprint density at radius 2 is 1.65 bits per heavy atom. The summed E-state index contributed by atoms with van der Waals surface area (Å²) in [6.07, 6.45) is 3.00. The number of anilines is 3. The fourth-order valence-electron chi connectivity index (χ4n) is 2.52. The van der Waals surface area contributed by atoms with Crippen LogP contribution in [0, 0.1) is 13.8 Å². The molecule has 2 aromatic carbocycles. The molecule has 0 atom stereocenters. The first-order chi connectivity index (χ1) is 12.6. The normalized spacial score (nSPS) is 10.3. The molecule has 132 valence electrons. The van der Waals surface area contributed by atoms with Gasteiger partial charge in [-0.3, -0.25) is 4.79 Å². The second-order valence-electron chi connectivity index (χ2n) is 5.86. The zero-order chi connectivity index (χ0) is 18.5. The largest absolute Gasteiger partial charge is 0.497 e. The molecule has 0 aliphatic rings. The summed E-state index contributed by atoms with van der Waals surface area (Å²) in [6.45, 7) is 4.05. The summed E-state index contributed by atoms with van der Waals surface area (Å²) in [5.74, 6) is 0.995. The zero-order valence-corrected chi connectivity index (χ0v) is 14.9. The molecule has 3 rings (SSSR count). The number of methoxy groups -OCH3 is 1. The third-order valence-electron chi connectivity index (χ3n) is 3.97. The Bertz CT molecular complexity index is 886. The first-order valence-corrected chi connectivity index (χ1v) is 8.17. The van der Waals surface area contributed by atoms with Crippen LogP contribution in [-0.4, -0.2) is 23.0 Å². The summed E-state index contributed by atoms with van der Waals surface area (Å²) in [6, 6.07) is 13.1. The highest BCUT2D eigenvalue weighted by molar-refractivity contribution is 6.02. The highest BCUT2D eigenvalue weighted by atomic mass is 16.5. The van der Waals surface area contributed by atoms with E-state index in [2.05, 4.69) is 20.6 Å². The van der Waals surface area contributed by atoms with Gasteiger partial charge in [-0.2, -0.15) is 0 Å². The number of rotatable bonds is 5. The number of hydrogen-bond acceptors (Lipinski definition) is 5. The van der Waals surface area contributed by atoms with Crippen molar-refractivity contribution in [2.75, 3.05) is 17.7 Å². The maximum atomic E-state index is 12.3. The van der Waals surface area contributed by atoms with Gasteiger partial charge in [0.1, 0.15) is 17.3 Å². The van der Waals surface area contributed by atoms with Crippen LogP contribution in [0.4, 0.5) is 17.2 Å². The number of aryl methyl sites for hydroxylation is 2. The SMILES string of the molecule is COc1ccc(NC(=O)c2cnc(Nc3c(C)cccc3C)cn2)cc1. The van der Waals surface area contributed by atoms with Crippen molar-refractivity contribution >= 4 is 23.1 Å². The highest BCUT2D eigenvalue weighted by Crippen LogP contribution is 2.23. The van der Waals surface area contributed by atoms with Crippen LogP contribution in [0.25, 0.3) is 0 Å². The number of nitrogens with zero attached hydrogens (tertiary/aromatic N) is 2. The van der Waals surface area contributed by atoms with Crippen molar-refractivity contribution in [1.82, 2.24) is 9.97 Å². The lowest BCUT2D eigenvalue weighted by Gasteiger charge is -2.12. The molecular formula is C20H20N4O2. The quantitative estimate of drug-likeness (QED) is 0.726. The van der Waals surface area contributed by atoms with E-state index in [0.29, 0.717) is 11.5 Å². The molecule has 2 N–H and O–H groups in total. The molecule has 0 unspecified atom stereocenters. The Balaban J connectivity index is 1.69. The Morgan fingerprint density at radius 3 is 2.23 bits per heavy atom. The maximum absolute atomic E-state index is 12.3. The van der Waals surface area contributed by atoms with E-state index in [1.165, 1.54) is 6.20 Å². The molecule has 0 spiro atoms. The number of para-hydroxylation sites is 1. The molecule has 26 heavy (non-hydrogen) atoms. The van der Waals surface area contributed by atoms with Crippen LogP contribution < -0.4 is 15.4 Å². The molecule has 3 aromatic rings. The second kappa shape index (κ2) is 7.65. The Morgan fingerprint density at radius 1 is 0.962 bits per heavy atom. The predicted octanol–water partition coefficient (Wildman–Crippen LogP) is 4.10. The Labute approximate surface area is 152 Å². The highest BCUT2D eigenvalue weighted by Gasteiger charge is 2.10. The van der Waals surface area contributed by atoms with Gasteiger partial charge in [-0.1, -0.05) is 18.2 Å². The maximum Gasteiger partial charge on any atom is 0.275 e. The first kappa shape index (κ1) is 17.4. The van der Waals surface area contributed by atoms with Crippen LogP contribution >= 0.6 is 0 Å². The number of carbonyl (C=O) groups is 1. The topological polar surface area (TPSA) is 76.1 Å². The fourth-order valence-corrected chi connectivity index (χ4v) is 2.52. The van der Waals surface area contributed by atoms with Gasteiger partial charge in [0.25, 0.3) is 5.91 Å². The molecule has 0 saturated carbocycles. The van der Waals surface area contributed by atoms with Crippen LogP contribution in [0.3, 0.4) is 0 Å². The van der Waals surface area contributed by atoms with Crippen molar-refractivity contribution in [3.05, 3.63) is 71.7 Å². The van der Waals surface area contributed by atoms with E-state index in [1.807, 2.05) is 32.0 Å². The minimum atomic E-state index is -0.318. The minimum Gasteiger partial charge on any atom is -0.497 e. The average Bonchev–Trinajstić information content (AvgIpc) is 2.66. The molecule has 0 bridgehead atoms. The number of nitrogens with one attached hydrogen (secondary N) is 2. The molecule has 6 nitrogen and oxygen atoms in total. The zero-order valence-electron chi connectivity index (χ0n) is 14.9. The van der Waals surface area contributed by atoms with Gasteiger partial charge in [-0.15, -0.1) is 0 Å². The molecule has 0 aliphatic heterocycles. The van der Waals surface area contributed by atoms with E-state index < -0.39 is 0 Å². The van der Waals surface area contributed by atoms with Crippen molar-refractivity contribution in [2.45, 2.75) is 13.8 Å². The van der Waals surface area contributed by atoms with Crippen LogP contribution in [0.5, 0.6) is 5.75 Å². The molecule has 0 aliphatic carbocycles. The van der Waals surface area contributed by atoms with Gasteiger partial charge in [0, 0.05) is 11.4 Å². The van der Waals surface area contributed by atoms with Gasteiger partial charge >= 0.3 is 0 Å². The molecule has 1 heterocycles.